The fourth-order valence-electron chi connectivity index (χ4n) is 2.48. The Labute approximate surface area is 138 Å². The minimum atomic E-state index is -0.327. The summed E-state index contributed by atoms with van der Waals surface area (Å²) in [7, 11) is 6.07. The van der Waals surface area contributed by atoms with Gasteiger partial charge >= 0.3 is 5.97 Å². The van der Waals surface area contributed by atoms with Gasteiger partial charge in [-0.15, -0.1) is 0 Å². The number of esters is 1. The molecule has 1 heterocycles. The molecule has 1 atom stereocenters. The largest absolute Gasteiger partial charge is 0.459 e. The number of carbonyl (C=O) groups excluding carboxylic acids is 1. The first-order valence-corrected chi connectivity index (χ1v) is 8.17. The number of benzene rings is 1. The van der Waals surface area contributed by atoms with Gasteiger partial charge in [0.15, 0.2) is 0 Å². The summed E-state index contributed by atoms with van der Waals surface area (Å²) in [6.07, 6.45) is 2.59. The van der Waals surface area contributed by atoms with Gasteiger partial charge < -0.3 is 19.5 Å². The maximum Gasteiger partial charge on any atom is 0.323 e. The summed E-state index contributed by atoms with van der Waals surface area (Å²) in [6, 6.07) is 7.79. The Kier molecular flexibility index (Phi) is 5.80. The zero-order valence-corrected chi connectivity index (χ0v) is 14.6. The number of hydrogen-bond donors (Lipinski definition) is 2. The molecule has 2 N–H and O–H groups in total. The van der Waals surface area contributed by atoms with Crippen LogP contribution < -0.4 is 5.32 Å². The molecule has 0 saturated heterocycles. The second kappa shape index (κ2) is 7.62. The summed E-state index contributed by atoms with van der Waals surface area (Å²) in [5.74, 6) is -0.186. The SMILES string of the molecule is CC[N+](C)(C)CCOC(=O)[C@H](Cc1c[nH]c2ccccc12)NC. The van der Waals surface area contributed by atoms with E-state index in [9.17, 15) is 4.79 Å². The standard InChI is InChI=1S/C18H28N3O2/c1-5-21(3,4)10-11-23-18(22)17(19-2)12-14-13-20-16-9-7-6-8-15(14)16/h6-9,13,17,19-20H,5,10-12H2,1-4H3/q+1/t17-/m0/s1. The second-order valence-corrected chi connectivity index (χ2v) is 6.55. The molecule has 0 aliphatic heterocycles. The number of para-hydroxylation sites is 1. The zero-order chi connectivity index (χ0) is 16.9. The zero-order valence-electron chi connectivity index (χ0n) is 14.6. The van der Waals surface area contributed by atoms with Crippen LogP contribution in [0.2, 0.25) is 0 Å². The lowest BCUT2D eigenvalue weighted by atomic mass is 10.1. The van der Waals surface area contributed by atoms with Crippen molar-refractivity contribution in [3.63, 3.8) is 0 Å². The van der Waals surface area contributed by atoms with E-state index in [4.69, 9.17) is 4.74 Å². The van der Waals surface area contributed by atoms with Gasteiger partial charge in [0, 0.05) is 23.5 Å². The van der Waals surface area contributed by atoms with Gasteiger partial charge in [0.1, 0.15) is 19.2 Å². The lowest BCUT2D eigenvalue weighted by Gasteiger charge is -2.28. The summed E-state index contributed by atoms with van der Waals surface area (Å²) in [6.45, 7) is 4.43. The molecule has 23 heavy (non-hydrogen) atoms. The van der Waals surface area contributed by atoms with Gasteiger partial charge in [-0.1, -0.05) is 18.2 Å². The average molecular weight is 318 g/mol. The molecule has 0 aliphatic rings. The number of likely N-dealkylation sites (N-methyl/N-ethyl adjacent to an activating group) is 2. The van der Waals surface area contributed by atoms with Crippen LogP contribution in [0.3, 0.4) is 0 Å². The summed E-state index contributed by atoms with van der Waals surface area (Å²) in [5.41, 5.74) is 2.22. The van der Waals surface area contributed by atoms with Crippen molar-refractivity contribution in [2.24, 2.45) is 0 Å². The molecule has 0 spiro atoms. The number of hydrogen-bond acceptors (Lipinski definition) is 3. The number of quaternary nitrogens is 1. The monoisotopic (exact) mass is 318 g/mol. The number of fused-ring (bicyclic) bond motifs is 1. The van der Waals surface area contributed by atoms with Crippen LogP contribution in [0.15, 0.2) is 30.5 Å². The topological polar surface area (TPSA) is 54.1 Å². The number of nitrogens with one attached hydrogen (secondary N) is 2. The number of aromatic amines is 1. The number of nitrogens with zero attached hydrogens (tertiary/aromatic N) is 1. The van der Waals surface area contributed by atoms with Gasteiger partial charge in [-0.3, -0.25) is 4.79 Å². The molecular weight excluding hydrogens is 290 g/mol. The molecular formula is C18H28N3O2+. The highest BCUT2D eigenvalue weighted by Gasteiger charge is 2.21. The van der Waals surface area contributed by atoms with Crippen molar-refractivity contribution in [1.29, 1.82) is 0 Å². The first kappa shape index (κ1) is 17.5. The normalized spacial score (nSPS) is 13.2. The Morgan fingerprint density at radius 3 is 2.78 bits per heavy atom. The predicted octanol–water partition coefficient (Wildman–Crippen LogP) is 1.94. The summed E-state index contributed by atoms with van der Waals surface area (Å²) in [5, 5.41) is 4.23. The third kappa shape index (κ3) is 4.56. The Hall–Kier alpha value is -1.85. The average Bonchev–Trinajstić information content (AvgIpc) is 2.95. The highest BCUT2D eigenvalue weighted by molar-refractivity contribution is 5.84. The fraction of sp³-hybridized carbons (Fsp3) is 0.500. The van der Waals surface area contributed by atoms with E-state index < -0.39 is 0 Å². The van der Waals surface area contributed by atoms with Crippen LogP contribution in [-0.4, -0.2) is 62.3 Å². The maximum absolute atomic E-state index is 12.3. The van der Waals surface area contributed by atoms with Gasteiger partial charge in [-0.2, -0.15) is 0 Å². The smallest absolute Gasteiger partial charge is 0.323 e. The highest BCUT2D eigenvalue weighted by Crippen LogP contribution is 2.19. The van der Waals surface area contributed by atoms with Crippen LogP contribution >= 0.6 is 0 Å². The Morgan fingerprint density at radius 2 is 2.09 bits per heavy atom. The summed E-state index contributed by atoms with van der Waals surface area (Å²) >= 11 is 0. The Morgan fingerprint density at radius 1 is 1.35 bits per heavy atom. The van der Waals surface area contributed by atoms with E-state index in [-0.39, 0.29) is 12.0 Å². The van der Waals surface area contributed by atoms with Crippen LogP contribution in [0.25, 0.3) is 10.9 Å². The van der Waals surface area contributed by atoms with Crippen molar-refractivity contribution < 1.29 is 14.0 Å². The quantitative estimate of drug-likeness (QED) is 0.578. The van der Waals surface area contributed by atoms with Crippen molar-refractivity contribution >= 4 is 16.9 Å². The molecule has 0 unspecified atom stereocenters. The minimum absolute atomic E-state index is 0.186. The van der Waals surface area contributed by atoms with Crippen LogP contribution in [0, 0.1) is 0 Å². The molecule has 0 saturated carbocycles. The van der Waals surface area contributed by atoms with Crippen LogP contribution in [0.1, 0.15) is 12.5 Å². The van der Waals surface area contributed by atoms with E-state index in [1.54, 1.807) is 7.05 Å². The second-order valence-electron chi connectivity index (χ2n) is 6.55. The molecule has 0 bridgehead atoms. The molecule has 0 amide bonds. The number of H-pyrrole nitrogens is 1. The van der Waals surface area contributed by atoms with Crippen molar-refractivity contribution in [2.75, 3.05) is 40.8 Å². The first-order chi connectivity index (χ1) is 11.0. The van der Waals surface area contributed by atoms with Gasteiger partial charge in [0.05, 0.1) is 20.6 Å². The molecule has 1 aromatic heterocycles. The number of rotatable bonds is 8. The molecule has 5 heteroatoms. The molecule has 2 rings (SSSR count). The van der Waals surface area contributed by atoms with Crippen molar-refractivity contribution in [3.8, 4) is 0 Å². The Bertz CT molecular complexity index is 649. The van der Waals surface area contributed by atoms with Gasteiger partial charge in [0.2, 0.25) is 0 Å². The minimum Gasteiger partial charge on any atom is -0.459 e. The van der Waals surface area contributed by atoms with Crippen molar-refractivity contribution in [1.82, 2.24) is 10.3 Å². The van der Waals surface area contributed by atoms with E-state index in [0.717, 1.165) is 34.0 Å². The maximum atomic E-state index is 12.3. The van der Waals surface area contributed by atoms with Crippen molar-refractivity contribution in [3.05, 3.63) is 36.0 Å². The lowest BCUT2D eigenvalue weighted by Crippen LogP contribution is -2.44. The Balaban J connectivity index is 1.95. The number of carbonyl (C=O) groups is 1. The number of ether oxygens (including phenoxy) is 1. The molecule has 0 fully saturated rings. The highest BCUT2D eigenvalue weighted by atomic mass is 16.5. The van der Waals surface area contributed by atoms with Gasteiger partial charge in [-0.25, -0.2) is 0 Å². The molecule has 126 valence electrons. The number of aromatic nitrogens is 1. The molecule has 5 nitrogen and oxygen atoms in total. The molecule has 1 aromatic carbocycles. The van der Waals surface area contributed by atoms with Gasteiger partial charge in [-0.05, 0) is 25.6 Å². The van der Waals surface area contributed by atoms with Crippen LogP contribution in [0.5, 0.6) is 0 Å². The van der Waals surface area contributed by atoms with E-state index in [1.807, 2.05) is 24.4 Å². The van der Waals surface area contributed by atoms with E-state index >= 15 is 0 Å². The predicted molar refractivity (Wildman–Crippen MR) is 93.3 cm³/mol. The van der Waals surface area contributed by atoms with Gasteiger partial charge in [0.25, 0.3) is 0 Å². The summed E-state index contributed by atoms with van der Waals surface area (Å²) < 4.78 is 6.31. The van der Waals surface area contributed by atoms with Crippen molar-refractivity contribution in [2.45, 2.75) is 19.4 Å². The van der Waals surface area contributed by atoms with Crippen LogP contribution in [0.4, 0.5) is 0 Å². The van der Waals surface area contributed by atoms with E-state index in [0.29, 0.717) is 13.0 Å². The lowest BCUT2D eigenvalue weighted by molar-refractivity contribution is -0.888. The third-order valence-electron chi connectivity index (χ3n) is 4.53. The molecule has 0 radical (unpaired) electrons. The van der Waals surface area contributed by atoms with Crippen LogP contribution in [-0.2, 0) is 16.0 Å². The fourth-order valence-corrected chi connectivity index (χ4v) is 2.48. The molecule has 0 aliphatic carbocycles. The molecule has 2 aromatic rings. The third-order valence-corrected chi connectivity index (χ3v) is 4.53. The first-order valence-electron chi connectivity index (χ1n) is 8.17. The van der Waals surface area contributed by atoms with E-state index in [2.05, 4.69) is 37.4 Å². The van der Waals surface area contributed by atoms with E-state index in [1.165, 1.54) is 0 Å². The summed E-state index contributed by atoms with van der Waals surface area (Å²) in [4.78, 5) is 15.6.